The first-order valence-corrected chi connectivity index (χ1v) is 10.4. The van der Waals surface area contributed by atoms with Gasteiger partial charge in [0.25, 0.3) is 5.91 Å². The van der Waals surface area contributed by atoms with Gasteiger partial charge in [0.1, 0.15) is 0 Å². The summed E-state index contributed by atoms with van der Waals surface area (Å²) in [6.45, 7) is 2.24. The van der Waals surface area contributed by atoms with Crippen LogP contribution in [0.2, 0.25) is 0 Å². The number of aliphatic hydroxyl groups is 1. The highest BCUT2D eigenvalue weighted by Crippen LogP contribution is 2.38. The largest absolute Gasteiger partial charge is 0.367 e. The predicted octanol–water partition coefficient (Wildman–Crippen LogP) is 3.24. The quantitative estimate of drug-likeness (QED) is 0.541. The number of hydrogen-bond acceptors (Lipinski definition) is 6. The minimum Gasteiger partial charge on any atom is -0.367 e. The molecule has 0 fully saturated rings. The van der Waals surface area contributed by atoms with Crippen molar-refractivity contribution in [3.8, 4) is 0 Å². The molecule has 1 atom stereocenters. The van der Waals surface area contributed by atoms with Gasteiger partial charge in [0.05, 0.1) is 11.4 Å². The Balaban J connectivity index is 1.74. The van der Waals surface area contributed by atoms with Crippen LogP contribution in [0.5, 0.6) is 0 Å². The molecule has 2 aromatic heterocycles. The first-order chi connectivity index (χ1) is 15.6. The van der Waals surface area contributed by atoms with Gasteiger partial charge in [-0.15, -0.1) is 0 Å². The van der Waals surface area contributed by atoms with Crippen molar-refractivity contribution in [1.29, 1.82) is 0 Å². The summed E-state index contributed by atoms with van der Waals surface area (Å²) in [5.41, 5.74) is 3.06. The Bertz CT molecular complexity index is 1320. The van der Waals surface area contributed by atoms with E-state index in [1.54, 1.807) is 18.5 Å². The number of carbonyl (C=O) groups excluding carboxylic acids is 1. The third-order valence-corrected chi connectivity index (χ3v) is 5.65. The van der Waals surface area contributed by atoms with Gasteiger partial charge in [-0.1, -0.05) is 36.4 Å². The normalized spacial score (nSPS) is 15.4. The smallest absolute Gasteiger partial charge is 0.281 e. The van der Waals surface area contributed by atoms with Gasteiger partial charge in [-0.3, -0.25) is 9.69 Å². The molecule has 2 aromatic carbocycles. The standard InChI is InChI=1S/C24H22N6O2/c1-3-29(24-25-14-9-15-26-24)22(31)20-19-17-12-7-8-13-18(17)28(2)21(19)23(32)30(27-20)16-10-5-4-6-11-16/h4-15,23,32H,3H2,1-2H3. The lowest BCUT2D eigenvalue weighted by Crippen LogP contribution is -2.42. The third kappa shape index (κ3) is 3.04. The lowest BCUT2D eigenvalue weighted by atomic mass is 10.0. The predicted molar refractivity (Wildman–Crippen MR) is 123 cm³/mol. The molecule has 160 valence electrons. The third-order valence-electron chi connectivity index (χ3n) is 5.65. The highest BCUT2D eigenvalue weighted by Gasteiger charge is 2.38. The maximum Gasteiger partial charge on any atom is 0.281 e. The topological polar surface area (TPSA) is 86.9 Å². The van der Waals surface area contributed by atoms with Crippen LogP contribution in [-0.4, -0.2) is 37.8 Å². The Morgan fingerprint density at radius 1 is 1.03 bits per heavy atom. The summed E-state index contributed by atoms with van der Waals surface area (Å²) in [7, 11) is 1.89. The number of fused-ring (bicyclic) bond motifs is 3. The average Bonchev–Trinajstić information content (AvgIpc) is 3.14. The van der Waals surface area contributed by atoms with Crippen LogP contribution in [0.15, 0.2) is 78.2 Å². The minimum absolute atomic E-state index is 0.236. The number of para-hydroxylation sites is 2. The molecule has 8 nitrogen and oxygen atoms in total. The van der Waals surface area contributed by atoms with E-state index in [0.29, 0.717) is 29.4 Å². The van der Waals surface area contributed by atoms with Crippen LogP contribution in [0, 0.1) is 0 Å². The van der Waals surface area contributed by atoms with E-state index in [1.165, 1.54) is 9.91 Å². The van der Waals surface area contributed by atoms with E-state index in [4.69, 9.17) is 0 Å². The molecule has 0 bridgehead atoms. The van der Waals surface area contributed by atoms with Crippen LogP contribution in [-0.2, 0) is 11.8 Å². The van der Waals surface area contributed by atoms with Gasteiger partial charge in [0.2, 0.25) is 5.95 Å². The van der Waals surface area contributed by atoms with E-state index in [-0.39, 0.29) is 11.6 Å². The Kier molecular flexibility index (Phi) is 4.91. The van der Waals surface area contributed by atoms with Crippen LogP contribution in [0.25, 0.3) is 10.9 Å². The molecular formula is C24H22N6O2. The molecule has 0 saturated heterocycles. The average molecular weight is 426 g/mol. The Morgan fingerprint density at radius 2 is 1.72 bits per heavy atom. The number of likely N-dealkylation sites (N-methyl/N-ethyl adjacent to an activating group) is 1. The summed E-state index contributed by atoms with van der Waals surface area (Å²) in [5.74, 6) is -0.0222. The molecule has 0 saturated carbocycles. The lowest BCUT2D eigenvalue weighted by molar-refractivity contribution is -0.112. The highest BCUT2D eigenvalue weighted by atomic mass is 16.3. The zero-order chi connectivity index (χ0) is 22.2. The summed E-state index contributed by atoms with van der Waals surface area (Å²) in [5, 5.41) is 18.3. The van der Waals surface area contributed by atoms with Crippen LogP contribution in [0.4, 0.5) is 11.6 Å². The summed E-state index contributed by atoms with van der Waals surface area (Å²) in [6.07, 6.45) is 2.15. The first kappa shape index (κ1) is 19.9. The molecule has 3 heterocycles. The number of carbonyl (C=O) groups is 1. The van der Waals surface area contributed by atoms with Crippen molar-refractivity contribution in [2.24, 2.45) is 12.1 Å². The monoisotopic (exact) mass is 426 g/mol. The number of aromatic nitrogens is 3. The van der Waals surface area contributed by atoms with Gasteiger partial charge in [0.15, 0.2) is 11.9 Å². The highest BCUT2D eigenvalue weighted by molar-refractivity contribution is 6.51. The fourth-order valence-electron chi connectivity index (χ4n) is 4.16. The van der Waals surface area contributed by atoms with Gasteiger partial charge < -0.3 is 9.67 Å². The molecule has 32 heavy (non-hydrogen) atoms. The number of nitrogens with zero attached hydrogens (tertiary/aromatic N) is 6. The molecule has 8 heteroatoms. The molecule has 5 rings (SSSR count). The Labute approximate surface area is 185 Å². The number of benzene rings is 2. The van der Waals surface area contributed by atoms with Crippen LogP contribution in [0.1, 0.15) is 24.4 Å². The number of hydrogen-bond donors (Lipinski definition) is 1. The molecule has 0 radical (unpaired) electrons. The molecule has 1 N–H and O–H groups in total. The summed E-state index contributed by atoms with van der Waals surface area (Å²) in [4.78, 5) is 23.8. The van der Waals surface area contributed by atoms with E-state index in [0.717, 1.165) is 10.9 Å². The summed E-state index contributed by atoms with van der Waals surface area (Å²) < 4.78 is 1.92. The zero-order valence-corrected chi connectivity index (χ0v) is 17.8. The maximum atomic E-state index is 13.8. The lowest BCUT2D eigenvalue weighted by Gasteiger charge is -2.32. The van der Waals surface area contributed by atoms with Gasteiger partial charge >= 0.3 is 0 Å². The minimum atomic E-state index is -1.05. The molecule has 0 aliphatic carbocycles. The SMILES string of the molecule is CCN(C(=O)C1=NN(c2ccccc2)C(O)c2c1c1ccccc1n2C)c1ncccn1. The Morgan fingerprint density at radius 3 is 2.44 bits per heavy atom. The second-order valence-corrected chi connectivity index (χ2v) is 7.44. The molecular weight excluding hydrogens is 404 g/mol. The number of aliphatic hydroxyl groups excluding tert-OH is 1. The maximum absolute atomic E-state index is 13.8. The molecule has 0 spiro atoms. The molecule has 1 aliphatic heterocycles. The summed E-state index contributed by atoms with van der Waals surface area (Å²) >= 11 is 0. The zero-order valence-electron chi connectivity index (χ0n) is 17.8. The fraction of sp³-hybridized carbons (Fsp3) is 0.167. The van der Waals surface area contributed by atoms with Crippen LogP contribution < -0.4 is 9.91 Å². The Hall–Kier alpha value is -4.04. The second kappa shape index (κ2) is 7.90. The van der Waals surface area contributed by atoms with E-state index < -0.39 is 6.23 Å². The van der Waals surface area contributed by atoms with Crippen LogP contribution in [0.3, 0.4) is 0 Å². The second-order valence-electron chi connectivity index (χ2n) is 7.44. The van der Waals surface area contributed by atoms with Crippen molar-refractivity contribution in [2.75, 3.05) is 16.5 Å². The van der Waals surface area contributed by atoms with Gasteiger partial charge in [0, 0.05) is 42.5 Å². The van der Waals surface area contributed by atoms with E-state index in [9.17, 15) is 9.90 Å². The van der Waals surface area contributed by atoms with Gasteiger partial charge in [-0.2, -0.15) is 5.10 Å². The first-order valence-electron chi connectivity index (χ1n) is 10.4. The van der Waals surface area contributed by atoms with Gasteiger partial charge in [-0.05, 0) is 31.2 Å². The van der Waals surface area contributed by atoms with Crippen molar-refractivity contribution in [2.45, 2.75) is 13.2 Å². The number of rotatable bonds is 4. The van der Waals surface area contributed by atoms with E-state index >= 15 is 0 Å². The number of aryl methyl sites for hydroxylation is 1. The molecule has 1 unspecified atom stereocenters. The molecule has 1 amide bonds. The summed E-state index contributed by atoms with van der Waals surface area (Å²) in [6, 6.07) is 18.8. The fourth-order valence-corrected chi connectivity index (χ4v) is 4.16. The van der Waals surface area contributed by atoms with Crippen molar-refractivity contribution in [3.05, 3.63) is 84.3 Å². The van der Waals surface area contributed by atoms with Gasteiger partial charge in [-0.25, -0.2) is 15.0 Å². The van der Waals surface area contributed by atoms with Crippen molar-refractivity contribution >= 4 is 34.2 Å². The van der Waals surface area contributed by atoms with Crippen molar-refractivity contribution < 1.29 is 9.90 Å². The van der Waals surface area contributed by atoms with Crippen LogP contribution >= 0.6 is 0 Å². The van der Waals surface area contributed by atoms with E-state index in [2.05, 4.69) is 15.1 Å². The molecule has 1 aliphatic rings. The van der Waals surface area contributed by atoms with Crippen molar-refractivity contribution in [3.63, 3.8) is 0 Å². The van der Waals surface area contributed by atoms with E-state index in [1.807, 2.05) is 73.1 Å². The number of hydrazone groups is 1. The molecule has 4 aromatic rings. The number of anilines is 2. The number of amides is 1. The van der Waals surface area contributed by atoms with Crippen molar-refractivity contribution in [1.82, 2.24) is 14.5 Å².